The van der Waals surface area contributed by atoms with Crippen LogP contribution in [0.3, 0.4) is 0 Å². The molecule has 0 bridgehead atoms. The molecule has 112 valence electrons. The van der Waals surface area contributed by atoms with Gasteiger partial charge in [0.05, 0.1) is 17.2 Å². The van der Waals surface area contributed by atoms with Gasteiger partial charge >= 0.3 is 0 Å². The van der Waals surface area contributed by atoms with E-state index < -0.39 is 5.54 Å². The molecule has 0 radical (unpaired) electrons. The first-order chi connectivity index (χ1) is 10.3. The molecular formula is C17H22N2OS. The molecule has 0 fully saturated rings. The molecule has 0 aliphatic carbocycles. The summed E-state index contributed by atoms with van der Waals surface area (Å²) >= 11 is 1.66. The van der Waals surface area contributed by atoms with Gasteiger partial charge in [-0.1, -0.05) is 43.3 Å². The van der Waals surface area contributed by atoms with Gasteiger partial charge < -0.3 is 10.4 Å². The topological polar surface area (TPSA) is 45.1 Å². The van der Waals surface area contributed by atoms with E-state index in [2.05, 4.69) is 29.4 Å². The molecular weight excluding hydrogens is 280 g/mol. The summed E-state index contributed by atoms with van der Waals surface area (Å²) in [5.74, 6) is 0.741. The average Bonchev–Trinajstić information content (AvgIpc) is 2.57. The molecule has 1 aromatic carbocycles. The van der Waals surface area contributed by atoms with Gasteiger partial charge in [0.15, 0.2) is 0 Å². The zero-order chi connectivity index (χ0) is 15.0. The van der Waals surface area contributed by atoms with Crippen molar-refractivity contribution in [1.82, 2.24) is 10.3 Å². The van der Waals surface area contributed by atoms with Crippen molar-refractivity contribution in [3.8, 4) is 0 Å². The number of benzene rings is 1. The smallest absolute Gasteiger partial charge is 0.0960 e. The van der Waals surface area contributed by atoms with Crippen LogP contribution in [0.4, 0.5) is 0 Å². The maximum atomic E-state index is 10.0. The molecule has 0 saturated heterocycles. The monoisotopic (exact) mass is 302 g/mol. The predicted octanol–water partition coefficient (Wildman–Crippen LogP) is 3.06. The Morgan fingerprint density at radius 1 is 1.14 bits per heavy atom. The number of aromatic nitrogens is 1. The maximum Gasteiger partial charge on any atom is 0.0960 e. The first-order valence-electron chi connectivity index (χ1n) is 7.26. The van der Waals surface area contributed by atoms with E-state index in [0.717, 1.165) is 29.3 Å². The van der Waals surface area contributed by atoms with Gasteiger partial charge in [0.1, 0.15) is 0 Å². The Kier molecular flexibility index (Phi) is 6.23. The number of nitrogens with one attached hydrogen (secondary N) is 1. The zero-order valence-corrected chi connectivity index (χ0v) is 13.1. The van der Waals surface area contributed by atoms with Crippen LogP contribution in [0, 0.1) is 0 Å². The van der Waals surface area contributed by atoms with E-state index in [0.29, 0.717) is 0 Å². The minimum atomic E-state index is -0.431. The molecule has 4 heteroatoms. The van der Waals surface area contributed by atoms with Crippen molar-refractivity contribution in [3.05, 3.63) is 60.3 Å². The summed E-state index contributed by atoms with van der Waals surface area (Å²) in [6.07, 6.45) is 2.83. The number of pyridine rings is 1. The van der Waals surface area contributed by atoms with Gasteiger partial charge in [-0.25, -0.2) is 4.98 Å². The summed E-state index contributed by atoms with van der Waals surface area (Å²) in [4.78, 5) is 4.34. The lowest BCUT2D eigenvalue weighted by atomic mass is 9.92. The number of hydrogen-bond donors (Lipinski definition) is 2. The van der Waals surface area contributed by atoms with E-state index in [1.807, 2.05) is 36.4 Å². The van der Waals surface area contributed by atoms with Crippen LogP contribution in [0.25, 0.3) is 0 Å². The fourth-order valence-corrected chi connectivity index (χ4v) is 3.24. The van der Waals surface area contributed by atoms with Crippen LogP contribution in [0.5, 0.6) is 0 Å². The number of thioether (sulfide) groups is 1. The molecule has 0 saturated carbocycles. The molecule has 1 unspecified atom stereocenters. The van der Waals surface area contributed by atoms with Crippen molar-refractivity contribution in [2.24, 2.45) is 0 Å². The lowest BCUT2D eigenvalue weighted by Crippen LogP contribution is -2.48. The second kappa shape index (κ2) is 8.17. The largest absolute Gasteiger partial charge is 0.394 e. The van der Waals surface area contributed by atoms with Crippen molar-refractivity contribution in [2.75, 3.05) is 18.9 Å². The van der Waals surface area contributed by atoms with Gasteiger partial charge in [-0.05, 0) is 30.7 Å². The average molecular weight is 302 g/mol. The number of rotatable bonds is 8. The van der Waals surface area contributed by atoms with Gasteiger partial charge in [0.25, 0.3) is 0 Å². The van der Waals surface area contributed by atoms with E-state index in [4.69, 9.17) is 0 Å². The predicted molar refractivity (Wildman–Crippen MR) is 88.5 cm³/mol. The van der Waals surface area contributed by atoms with Crippen LogP contribution in [0.2, 0.25) is 0 Å². The molecule has 2 aromatic rings. The Hall–Kier alpha value is -1.36. The van der Waals surface area contributed by atoms with E-state index in [1.165, 1.54) is 0 Å². The molecule has 1 heterocycles. The summed E-state index contributed by atoms with van der Waals surface area (Å²) in [5.41, 5.74) is 0.684. The van der Waals surface area contributed by atoms with Gasteiger partial charge in [-0.2, -0.15) is 0 Å². The van der Waals surface area contributed by atoms with E-state index in [-0.39, 0.29) is 6.61 Å². The number of hydrogen-bond acceptors (Lipinski definition) is 4. The third kappa shape index (κ3) is 4.30. The normalized spacial score (nSPS) is 13.8. The second-order valence-corrected chi connectivity index (χ2v) is 5.99. The highest BCUT2D eigenvalue weighted by atomic mass is 32.2. The summed E-state index contributed by atoms with van der Waals surface area (Å²) in [7, 11) is 0. The van der Waals surface area contributed by atoms with Crippen molar-refractivity contribution < 1.29 is 5.11 Å². The molecule has 0 aliphatic rings. The van der Waals surface area contributed by atoms with Crippen LogP contribution < -0.4 is 5.32 Å². The van der Waals surface area contributed by atoms with Crippen LogP contribution in [-0.4, -0.2) is 29.0 Å². The fourth-order valence-electron chi connectivity index (χ4n) is 2.18. The van der Waals surface area contributed by atoms with Gasteiger partial charge in [0.2, 0.25) is 0 Å². The molecule has 2 rings (SSSR count). The Morgan fingerprint density at radius 3 is 2.52 bits per heavy atom. The molecule has 0 aliphatic heterocycles. The number of aliphatic hydroxyl groups excluding tert-OH is 1. The molecule has 2 N–H and O–H groups in total. The fraction of sp³-hybridized carbons (Fsp3) is 0.353. The van der Waals surface area contributed by atoms with Crippen molar-refractivity contribution in [2.45, 2.75) is 23.9 Å². The SMILES string of the molecule is CCCNC(CO)(CSc1ccccn1)c1ccccc1. The van der Waals surface area contributed by atoms with E-state index in [1.54, 1.807) is 18.0 Å². The lowest BCUT2D eigenvalue weighted by Gasteiger charge is -2.33. The maximum absolute atomic E-state index is 10.0. The van der Waals surface area contributed by atoms with Crippen molar-refractivity contribution in [1.29, 1.82) is 0 Å². The summed E-state index contributed by atoms with van der Waals surface area (Å²) in [6.45, 7) is 3.07. The van der Waals surface area contributed by atoms with Crippen molar-refractivity contribution >= 4 is 11.8 Å². The Balaban J connectivity index is 2.18. The summed E-state index contributed by atoms with van der Waals surface area (Å²) < 4.78 is 0. The molecule has 1 atom stereocenters. The van der Waals surface area contributed by atoms with Gasteiger partial charge in [0, 0.05) is 11.9 Å². The van der Waals surface area contributed by atoms with Crippen LogP contribution >= 0.6 is 11.8 Å². The van der Waals surface area contributed by atoms with Crippen LogP contribution in [-0.2, 0) is 5.54 Å². The first-order valence-corrected chi connectivity index (χ1v) is 8.24. The molecule has 3 nitrogen and oxygen atoms in total. The highest BCUT2D eigenvalue weighted by Gasteiger charge is 2.31. The van der Waals surface area contributed by atoms with Crippen molar-refractivity contribution in [3.63, 3.8) is 0 Å². The standard InChI is InChI=1S/C17H22N2OS/c1-2-11-19-17(13-20,15-8-4-3-5-9-15)14-21-16-10-6-7-12-18-16/h3-10,12,19-20H,2,11,13-14H2,1H3. The Labute approximate surface area is 130 Å². The minimum absolute atomic E-state index is 0.0663. The van der Waals surface area contributed by atoms with Gasteiger partial charge in [-0.3, -0.25) is 0 Å². The van der Waals surface area contributed by atoms with Crippen LogP contribution in [0.1, 0.15) is 18.9 Å². The number of nitrogens with zero attached hydrogens (tertiary/aromatic N) is 1. The van der Waals surface area contributed by atoms with Gasteiger partial charge in [-0.15, -0.1) is 11.8 Å². The third-order valence-corrected chi connectivity index (χ3v) is 4.59. The minimum Gasteiger partial charge on any atom is -0.394 e. The number of aliphatic hydroxyl groups is 1. The lowest BCUT2D eigenvalue weighted by molar-refractivity contribution is 0.179. The quantitative estimate of drug-likeness (QED) is 0.736. The molecule has 1 aromatic heterocycles. The molecule has 0 amide bonds. The highest BCUT2D eigenvalue weighted by molar-refractivity contribution is 7.99. The summed E-state index contributed by atoms with van der Waals surface area (Å²) in [5, 5.41) is 14.5. The second-order valence-electron chi connectivity index (χ2n) is 4.99. The molecule has 21 heavy (non-hydrogen) atoms. The van der Waals surface area contributed by atoms with E-state index >= 15 is 0 Å². The zero-order valence-electron chi connectivity index (χ0n) is 12.3. The Morgan fingerprint density at radius 2 is 1.90 bits per heavy atom. The summed E-state index contributed by atoms with van der Waals surface area (Å²) in [6, 6.07) is 16.1. The molecule has 0 spiro atoms. The first kappa shape index (κ1) is 16.0. The highest BCUT2D eigenvalue weighted by Crippen LogP contribution is 2.28. The van der Waals surface area contributed by atoms with E-state index in [9.17, 15) is 5.11 Å². The van der Waals surface area contributed by atoms with Crippen LogP contribution in [0.15, 0.2) is 59.8 Å². The Bertz CT molecular complexity index is 521. The third-order valence-electron chi connectivity index (χ3n) is 3.41.